The van der Waals surface area contributed by atoms with Crippen LogP contribution in [0, 0.1) is 0 Å². The molecule has 166 valence electrons. The van der Waals surface area contributed by atoms with Crippen molar-refractivity contribution in [2.24, 2.45) is 0 Å². The van der Waals surface area contributed by atoms with Gasteiger partial charge >= 0.3 is 0 Å². The number of aliphatic hydroxyl groups is 2. The van der Waals surface area contributed by atoms with Gasteiger partial charge in [0.1, 0.15) is 12.0 Å². The van der Waals surface area contributed by atoms with E-state index < -0.39 is 6.10 Å². The van der Waals surface area contributed by atoms with E-state index in [4.69, 9.17) is 4.74 Å². The lowest BCUT2D eigenvalue weighted by molar-refractivity contribution is 0.0119. The number of unbranched alkanes of at least 4 members (excludes halogenated alkanes) is 3. The zero-order valence-electron chi connectivity index (χ0n) is 18.1. The van der Waals surface area contributed by atoms with Crippen LogP contribution in [0.4, 0.5) is 0 Å². The molecular formula is C25H37NO4. The highest BCUT2D eigenvalue weighted by Gasteiger charge is 2.14. The number of hydrogen-bond donors (Lipinski definition) is 4. The van der Waals surface area contributed by atoms with Crippen molar-refractivity contribution in [1.82, 2.24) is 5.32 Å². The van der Waals surface area contributed by atoms with Crippen LogP contribution in [0.5, 0.6) is 5.75 Å². The van der Waals surface area contributed by atoms with Crippen molar-refractivity contribution >= 4 is 0 Å². The smallest absolute Gasteiger partial charge is 0.121 e. The largest absolute Gasteiger partial charge is 0.508 e. The number of aromatic hydroxyl groups is 1. The summed E-state index contributed by atoms with van der Waals surface area (Å²) in [7, 11) is 0. The fraction of sp³-hybridized carbons (Fsp3) is 0.520. The molecule has 0 heterocycles. The standard InChI is InChI=1S/C25H37NO4/c1-2-3-4-8-13-25(30-16-9-12-20-10-6-5-7-11-20)26-18-24(29)21-14-15-23(28)22(17-21)19-27/h5-7,10-11,14-15,17,24-29H,2-4,8-9,12-13,16,18-19H2,1H3. The highest BCUT2D eigenvalue weighted by molar-refractivity contribution is 5.36. The van der Waals surface area contributed by atoms with Crippen molar-refractivity contribution in [1.29, 1.82) is 0 Å². The average Bonchev–Trinajstić information content (AvgIpc) is 2.78. The maximum absolute atomic E-state index is 10.5. The third kappa shape index (κ3) is 8.84. The Morgan fingerprint density at radius 3 is 2.53 bits per heavy atom. The molecule has 2 atom stereocenters. The fourth-order valence-corrected chi connectivity index (χ4v) is 3.45. The van der Waals surface area contributed by atoms with Crippen LogP contribution in [-0.4, -0.2) is 34.7 Å². The van der Waals surface area contributed by atoms with E-state index in [2.05, 4.69) is 36.5 Å². The molecule has 0 saturated carbocycles. The van der Waals surface area contributed by atoms with Crippen LogP contribution in [0.15, 0.2) is 48.5 Å². The maximum Gasteiger partial charge on any atom is 0.121 e. The van der Waals surface area contributed by atoms with E-state index in [-0.39, 0.29) is 18.6 Å². The van der Waals surface area contributed by atoms with Crippen molar-refractivity contribution in [3.05, 3.63) is 65.2 Å². The third-order valence-electron chi connectivity index (χ3n) is 5.29. The summed E-state index contributed by atoms with van der Waals surface area (Å²) in [6.45, 7) is 2.96. The van der Waals surface area contributed by atoms with Gasteiger partial charge in [0.25, 0.3) is 0 Å². The molecular weight excluding hydrogens is 378 g/mol. The molecule has 0 aliphatic carbocycles. The van der Waals surface area contributed by atoms with Gasteiger partial charge in [0.05, 0.1) is 12.7 Å². The first-order valence-electron chi connectivity index (χ1n) is 11.1. The molecule has 0 aliphatic heterocycles. The summed E-state index contributed by atoms with van der Waals surface area (Å²) in [4.78, 5) is 0. The summed E-state index contributed by atoms with van der Waals surface area (Å²) < 4.78 is 6.09. The number of aliphatic hydroxyl groups excluding tert-OH is 2. The molecule has 2 rings (SSSR count). The van der Waals surface area contributed by atoms with E-state index >= 15 is 0 Å². The van der Waals surface area contributed by atoms with Gasteiger partial charge in [-0.05, 0) is 48.9 Å². The van der Waals surface area contributed by atoms with Crippen molar-refractivity contribution < 1.29 is 20.1 Å². The Kier molecular flexibility index (Phi) is 11.5. The first-order valence-corrected chi connectivity index (χ1v) is 11.1. The highest BCUT2D eigenvalue weighted by Crippen LogP contribution is 2.22. The Balaban J connectivity index is 1.82. The molecule has 0 radical (unpaired) electrons. The van der Waals surface area contributed by atoms with Gasteiger partial charge < -0.3 is 20.1 Å². The van der Waals surface area contributed by atoms with E-state index in [1.165, 1.54) is 30.9 Å². The second-order valence-electron chi connectivity index (χ2n) is 7.77. The van der Waals surface area contributed by atoms with Crippen LogP contribution >= 0.6 is 0 Å². The molecule has 2 aromatic rings. The average molecular weight is 416 g/mol. The molecule has 0 fully saturated rings. The lowest BCUT2D eigenvalue weighted by atomic mass is 10.1. The number of aryl methyl sites for hydroxylation is 1. The molecule has 2 aromatic carbocycles. The van der Waals surface area contributed by atoms with Gasteiger partial charge in [-0.15, -0.1) is 0 Å². The van der Waals surface area contributed by atoms with E-state index in [1.54, 1.807) is 12.1 Å². The van der Waals surface area contributed by atoms with Crippen molar-refractivity contribution in [2.45, 2.75) is 70.8 Å². The number of benzene rings is 2. The second-order valence-corrected chi connectivity index (χ2v) is 7.77. The molecule has 0 bridgehead atoms. The first-order chi connectivity index (χ1) is 14.6. The number of hydrogen-bond acceptors (Lipinski definition) is 5. The number of rotatable bonds is 15. The zero-order chi connectivity index (χ0) is 21.6. The predicted molar refractivity (Wildman–Crippen MR) is 120 cm³/mol. The van der Waals surface area contributed by atoms with Gasteiger partial charge in [0.15, 0.2) is 0 Å². The van der Waals surface area contributed by atoms with Crippen molar-refractivity contribution in [3.63, 3.8) is 0 Å². The first kappa shape index (κ1) is 24.4. The topological polar surface area (TPSA) is 82.0 Å². The number of phenols is 1. The molecule has 0 aliphatic rings. The molecule has 5 heteroatoms. The summed E-state index contributed by atoms with van der Waals surface area (Å²) in [5.41, 5.74) is 2.40. The van der Waals surface area contributed by atoms with Crippen molar-refractivity contribution in [2.75, 3.05) is 13.2 Å². The predicted octanol–water partition coefficient (Wildman–Crippen LogP) is 4.45. The fourth-order valence-electron chi connectivity index (χ4n) is 3.45. The van der Waals surface area contributed by atoms with Gasteiger partial charge in [-0.3, -0.25) is 5.32 Å². The SMILES string of the molecule is CCCCCCC(NCC(O)c1ccc(O)c(CO)c1)OCCCc1ccccc1. The Hall–Kier alpha value is -1.92. The Bertz CT molecular complexity index is 708. The van der Waals surface area contributed by atoms with Gasteiger partial charge in [0.2, 0.25) is 0 Å². The normalized spacial score (nSPS) is 13.3. The molecule has 0 aromatic heterocycles. The third-order valence-corrected chi connectivity index (χ3v) is 5.29. The Labute approximate surface area is 180 Å². The molecule has 5 nitrogen and oxygen atoms in total. The van der Waals surface area contributed by atoms with E-state index in [0.717, 1.165) is 25.7 Å². The summed E-state index contributed by atoms with van der Waals surface area (Å²) in [5.74, 6) is 0.0389. The van der Waals surface area contributed by atoms with Crippen LogP contribution in [0.3, 0.4) is 0 Å². The molecule has 4 N–H and O–H groups in total. The summed E-state index contributed by atoms with van der Waals surface area (Å²) in [5, 5.41) is 32.9. The van der Waals surface area contributed by atoms with Gasteiger partial charge in [-0.2, -0.15) is 0 Å². The van der Waals surface area contributed by atoms with Crippen LogP contribution in [0.1, 0.15) is 68.2 Å². The minimum Gasteiger partial charge on any atom is -0.508 e. The van der Waals surface area contributed by atoms with Gasteiger partial charge in [-0.25, -0.2) is 0 Å². The van der Waals surface area contributed by atoms with Crippen LogP contribution in [0.2, 0.25) is 0 Å². The van der Waals surface area contributed by atoms with E-state index in [9.17, 15) is 15.3 Å². The van der Waals surface area contributed by atoms with Gasteiger partial charge in [-0.1, -0.05) is 62.6 Å². The van der Waals surface area contributed by atoms with Gasteiger partial charge in [0, 0.05) is 18.7 Å². The molecule has 0 spiro atoms. The van der Waals surface area contributed by atoms with Crippen LogP contribution in [-0.2, 0) is 17.8 Å². The van der Waals surface area contributed by atoms with Crippen LogP contribution in [0.25, 0.3) is 0 Å². The minimum atomic E-state index is -0.734. The van der Waals surface area contributed by atoms with E-state index in [0.29, 0.717) is 24.3 Å². The zero-order valence-corrected chi connectivity index (χ0v) is 18.1. The molecule has 0 saturated heterocycles. The van der Waals surface area contributed by atoms with E-state index in [1.807, 2.05) is 6.07 Å². The molecule has 2 unspecified atom stereocenters. The van der Waals surface area contributed by atoms with Crippen LogP contribution < -0.4 is 5.32 Å². The maximum atomic E-state index is 10.5. The summed E-state index contributed by atoms with van der Waals surface area (Å²) >= 11 is 0. The quantitative estimate of drug-likeness (QED) is 0.255. The number of ether oxygens (including phenoxy) is 1. The highest BCUT2D eigenvalue weighted by atomic mass is 16.5. The Morgan fingerprint density at radius 2 is 1.80 bits per heavy atom. The Morgan fingerprint density at radius 1 is 1.00 bits per heavy atom. The summed E-state index contributed by atoms with van der Waals surface area (Å²) in [6, 6.07) is 15.2. The summed E-state index contributed by atoms with van der Waals surface area (Å²) in [6.07, 6.45) is 6.72. The molecule has 0 amide bonds. The number of nitrogens with one attached hydrogen (secondary N) is 1. The lowest BCUT2D eigenvalue weighted by Crippen LogP contribution is -2.35. The second kappa shape index (κ2) is 14.1. The van der Waals surface area contributed by atoms with Crippen molar-refractivity contribution in [3.8, 4) is 5.75 Å². The monoisotopic (exact) mass is 415 g/mol. The lowest BCUT2D eigenvalue weighted by Gasteiger charge is -2.22. The molecule has 30 heavy (non-hydrogen) atoms. The minimum absolute atomic E-state index is 0.0389.